The first-order valence-corrected chi connectivity index (χ1v) is 5.85. The van der Waals surface area contributed by atoms with E-state index in [1.165, 1.54) is 0 Å². The summed E-state index contributed by atoms with van der Waals surface area (Å²) >= 11 is 0. The van der Waals surface area contributed by atoms with Gasteiger partial charge in [0.15, 0.2) is 0 Å². The molecule has 3 rings (SSSR count). The zero-order valence-electron chi connectivity index (χ0n) is 10.3. The number of rotatable bonds is 0. The molecule has 0 aromatic heterocycles. The van der Waals surface area contributed by atoms with Gasteiger partial charge < -0.3 is 34.4 Å². The summed E-state index contributed by atoms with van der Waals surface area (Å²) in [6.07, 6.45) is 0.635. The molecule has 2 aromatic carbocycles. The van der Waals surface area contributed by atoms with Crippen molar-refractivity contribution in [3.8, 4) is 11.1 Å². The smallest absolute Gasteiger partial charge is 0.0809 e. The SMILES string of the molecule is Nc1ccc2c(c1N)-c1c(N)c(N)c(N)c(N)c1C2. The van der Waals surface area contributed by atoms with Crippen LogP contribution in [-0.2, 0) is 6.42 Å². The number of anilines is 6. The minimum absolute atomic E-state index is 0.297. The largest absolute Gasteiger partial charge is 0.397 e. The van der Waals surface area contributed by atoms with Crippen molar-refractivity contribution < 1.29 is 0 Å². The standard InChI is InChI=1S/C13H16N6/c14-6-2-1-4-3-5-8(7(4)10(6)16)11(17)13(19)12(18)9(5)15/h1-2H,3,14-19H2. The number of nitrogen functional groups attached to an aromatic ring is 6. The number of benzene rings is 2. The van der Waals surface area contributed by atoms with E-state index >= 15 is 0 Å². The van der Waals surface area contributed by atoms with E-state index < -0.39 is 0 Å². The van der Waals surface area contributed by atoms with Crippen molar-refractivity contribution in [2.24, 2.45) is 0 Å². The fourth-order valence-electron chi connectivity index (χ4n) is 2.67. The Balaban J connectivity index is 2.45. The van der Waals surface area contributed by atoms with E-state index in [1.54, 1.807) is 6.07 Å². The van der Waals surface area contributed by atoms with Crippen LogP contribution in [0, 0.1) is 0 Å². The second-order valence-electron chi connectivity index (χ2n) is 4.79. The monoisotopic (exact) mass is 256 g/mol. The van der Waals surface area contributed by atoms with Crippen LogP contribution in [0.15, 0.2) is 12.1 Å². The molecule has 0 aliphatic heterocycles. The van der Waals surface area contributed by atoms with E-state index in [9.17, 15) is 0 Å². The van der Waals surface area contributed by atoms with E-state index in [0.29, 0.717) is 40.5 Å². The topological polar surface area (TPSA) is 156 Å². The molecule has 0 saturated carbocycles. The van der Waals surface area contributed by atoms with Gasteiger partial charge in [-0.2, -0.15) is 0 Å². The fourth-order valence-corrected chi connectivity index (χ4v) is 2.67. The number of hydrogen-bond acceptors (Lipinski definition) is 6. The van der Waals surface area contributed by atoms with E-state index in [1.807, 2.05) is 6.07 Å². The van der Waals surface area contributed by atoms with Crippen LogP contribution in [0.4, 0.5) is 34.1 Å². The average Bonchev–Trinajstić information content (AvgIpc) is 2.78. The van der Waals surface area contributed by atoms with Crippen molar-refractivity contribution in [3.05, 3.63) is 23.3 Å². The summed E-state index contributed by atoms with van der Waals surface area (Å²) in [6, 6.07) is 3.70. The van der Waals surface area contributed by atoms with Crippen molar-refractivity contribution in [2.75, 3.05) is 34.4 Å². The Labute approximate surface area is 110 Å². The molecule has 2 aromatic rings. The molecular formula is C13H16N6. The predicted molar refractivity (Wildman–Crippen MR) is 81.2 cm³/mol. The van der Waals surface area contributed by atoms with Gasteiger partial charge in [0.2, 0.25) is 0 Å². The molecule has 0 heterocycles. The van der Waals surface area contributed by atoms with Crippen LogP contribution >= 0.6 is 0 Å². The molecule has 0 radical (unpaired) electrons. The lowest BCUT2D eigenvalue weighted by Gasteiger charge is -2.15. The third-order valence-corrected chi connectivity index (χ3v) is 3.75. The van der Waals surface area contributed by atoms with E-state index in [-0.39, 0.29) is 0 Å². The molecule has 0 bridgehead atoms. The molecule has 6 nitrogen and oxygen atoms in total. The Kier molecular flexibility index (Phi) is 2.02. The highest BCUT2D eigenvalue weighted by atomic mass is 14.8. The van der Waals surface area contributed by atoms with Crippen LogP contribution in [-0.4, -0.2) is 0 Å². The third-order valence-electron chi connectivity index (χ3n) is 3.75. The average molecular weight is 256 g/mol. The molecule has 1 aliphatic rings. The Morgan fingerprint density at radius 3 is 1.95 bits per heavy atom. The van der Waals surface area contributed by atoms with E-state index in [0.717, 1.165) is 22.3 Å². The lowest BCUT2D eigenvalue weighted by Crippen LogP contribution is -2.08. The summed E-state index contributed by atoms with van der Waals surface area (Å²) in [4.78, 5) is 0. The summed E-state index contributed by atoms with van der Waals surface area (Å²) in [5, 5.41) is 0. The van der Waals surface area contributed by atoms with Gasteiger partial charge in [0.05, 0.1) is 34.1 Å². The van der Waals surface area contributed by atoms with Crippen LogP contribution in [0.25, 0.3) is 11.1 Å². The van der Waals surface area contributed by atoms with Gasteiger partial charge in [-0.3, -0.25) is 0 Å². The first-order valence-electron chi connectivity index (χ1n) is 5.85. The second kappa shape index (κ2) is 3.38. The van der Waals surface area contributed by atoms with Crippen molar-refractivity contribution in [3.63, 3.8) is 0 Å². The number of hydrogen-bond donors (Lipinski definition) is 6. The van der Waals surface area contributed by atoms with Crippen LogP contribution in [0.5, 0.6) is 0 Å². The van der Waals surface area contributed by atoms with Gasteiger partial charge in [0, 0.05) is 17.5 Å². The first-order chi connectivity index (χ1) is 8.93. The zero-order chi connectivity index (χ0) is 13.9. The summed E-state index contributed by atoms with van der Waals surface area (Å²) in [5.41, 5.74) is 41.8. The predicted octanol–water partition coefficient (Wildman–Crippen LogP) is 0.751. The Hall–Kier alpha value is -2.76. The maximum absolute atomic E-state index is 6.08. The fraction of sp³-hybridized carbons (Fsp3) is 0.0769. The van der Waals surface area contributed by atoms with Gasteiger partial charge in [0.25, 0.3) is 0 Å². The van der Waals surface area contributed by atoms with E-state index in [2.05, 4.69) is 0 Å². The molecule has 6 heteroatoms. The molecule has 19 heavy (non-hydrogen) atoms. The molecule has 1 aliphatic carbocycles. The molecule has 0 spiro atoms. The summed E-state index contributed by atoms with van der Waals surface area (Å²) in [6.45, 7) is 0. The van der Waals surface area contributed by atoms with Crippen LogP contribution in [0.3, 0.4) is 0 Å². The minimum Gasteiger partial charge on any atom is -0.397 e. The first kappa shape index (κ1) is 11.3. The Bertz CT molecular complexity index is 720. The molecular weight excluding hydrogens is 240 g/mol. The molecule has 98 valence electrons. The zero-order valence-corrected chi connectivity index (χ0v) is 10.3. The van der Waals surface area contributed by atoms with E-state index in [4.69, 9.17) is 34.4 Å². The van der Waals surface area contributed by atoms with Gasteiger partial charge >= 0.3 is 0 Å². The highest BCUT2D eigenvalue weighted by Crippen LogP contribution is 2.51. The second-order valence-corrected chi connectivity index (χ2v) is 4.79. The van der Waals surface area contributed by atoms with Crippen molar-refractivity contribution in [2.45, 2.75) is 6.42 Å². The third kappa shape index (κ3) is 1.25. The van der Waals surface area contributed by atoms with Gasteiger partial charge in [0.1, 0.15) is 0 Å². The summed E-state index contributed by atoms with van der Waals surface area (Å²) in [7, 11) is 0. The highest BCUT2D eigenvalue weighted by molar-refractivity contribution is 6.06. The van der Waals surface area contributed by atoms with Crippen LogP contribution in [0.2, 0.25) is 0 Å². The number of nitrogens with two attached hydrogens (primary N) is 6. The maximum atomic E-state index is 6.08. The van der Waals surface area contributed by atoms with Crippen molar-refractivity contribution in [1.29, 1.82) is 0 Å². The van der Waals surface area contributed by atoms with Crippen LogP contribution in [0.1, 0.15) is 11.1 Å². The Morgan fingerprint density at radius 2 is 1.26 bits per heavy atom. The van der Waals surface area contributed by atoms with Crippen molar-refractivity contribution in [1.82, 2.24) is 0 Å². The minimum atomic E-state index is 0.297. The Morgan fingerprint density at radius 1 is 0.632 bits per heavy atom. The molecule has 0 amide bonds. The van der Waals surface area contributed by atoms with Crippen molar-refractivity contribution >= 4 is 34.1 Å². The van der Waals surface area contributed by atoms with Gasteiger partial charge in [-0.05, 0) is 17.2 Å². The normalized spacial score (nSPS) is 12.2. The summed E-state index contributed by atoms with van der Waals surface area (Å²) < 4.78 is 0. The van der Waals surface area contributed by atoms with Gasteiger partial charge in [-0.25, -0.2) is 0 Å². The maximum Gasteiger partial charge on any atom is 0.0809 e. The highest BCUT2D eigenvalue weighted by Gasteiger charge is 2.28. The summed E-state index contributed by atoms with van der Waals surface area (Å²) in [5.74, 6) is 0. The molecule has 0 saturated heterocycles. The molecule has 0 atom stereocenters. The molecule has 12 N–H and O–H groups in total. The molecule has 0 fully saturated rings. The van der Waals surface area contributed by atoms with Crippen LogP contribution < -0.4 is 34.4 Å². The van der Waals surface area contributed by atoms with Gasteiger partial charge in [-0.15, -0.1) is 0 Å². The van der Waals surface area contributed by atoms with Gasteiger partial charge in [-0.1, -0.05) is 6.07 Å². The lowest BCUT2D eigenvalue weighted by molar-refractivity contribution is 1.27. The molecule has 0 unspecified atom stereocenters. The number of fused-ring (bicyclic) bond motifs is 3. The lowest BCUT2D eigenvalue weighted by atomic mass is 9.98. The quantitative estimate of drug-likeness (QED) is 0.326.